The Balaban J connectivity index is 1.54. The highest BCUT2D eigenvalue weighted by atomic mass is 32.2. The maximum Gasteiger partial charge on any atom is 0.314 e. The van der Waals surface area contributed by atoms with Crippen molar-refractivity contribution in [2.45, 2.75) is 11.3 Å². The summed E-state index contributed by atoms with van der Waals surface area (Å²) in [6.45, 7) is 1.32. The van der Waals surface area contributed by atoms with Crippen molar-refractivity contribution in [2.24, 2.45) is 0 Å². The van der Waals surface area contributed by atoms with Crippen LogP contribution in [-0.4, -0.2) is 24.9 Å². The van der Waals surface area contributed by atoms with Crippen molar-refractivity contribution < 1.29 is 4.79 Å². The van der Waals surface area contributed by atoms with E-state index in [9.17, 15) is 4.79 Å². The van der Waals surface area contributed by atoms with Gasteiger partial charge in [0.25, 0.3) is 0 Å². The van der Waals surface area contributed by atoms with Gasteiger partial charge in [0, 0.05) is 23.7 Å². The highest BCUT2D eigenvalue weighted by Gasteiger charge is 1.99. The molecule has 0 atom stereocenters. The lowest BCUT2D eigenvalue weighted by molar-refractivity contribution is 0.241. The molecule has 0 aromatic heterocycles. The molecule has 0 aliphatic heterocycles. The Morgan fingerprint density at radius 1 is 0.857 bits per heavy atom. The van der Waals surface area contributed by atoms with Gasteiger partial charge in [-0.05, 0) is 24.1 Å². The van der Waals surface area contributed by atoms with Gasteiger partial charge in [0.05, 0.1) is 0 Å². The number of amides is 2. The molecule has 2 N–H and O–H groups in total. The van der Waals surface area contributed by atoms with Gasteiger partial charge in [0.2, 0.25) is 0 Å². The Kier molecular flexibility index (Phi) is 6.68. The van der Waals surface area contributed by atoms with Gasteiger partial charge in [0.1, 0.15) is 0 Å². The quantitative estimate of drug-likeness (QED) is 0.608. The van der Waals surface area contributed by atoms with E-state index in [-0.39, 0.29) is 6.03 Å². The smallest absolute Gasteiger partial charge is 0.314 e. The molecule has 4 heteroatoms. The maximum absolute atomic E-state index is 11.6. The SMILES string of the molecule is O=C(NCCSc1ccccc1)NCCc1ccccc1. The molecule has 0 bridgehead atoms. The Labute approximate surface area is 130 Å². The fourth-order valence-corrected chi connectivity index (χ4v) is 2.67. The molecule has 0 unspecified atom stereocenters. The van der Waals surface area contributed by atoms with Crippen LogP contribution in [-0.2, 0) is 6.42 Å². The number of carbonyl (C=O) groups excluding carboxylic acids is 1. The Morgan fingerprint density at radius 2 is 1.48 bits per heavy atom. The van der Waals surface area contributed by atoms with E-state index in [1.807, 2.05) is 36.4 Å². The number of hydrogen-bond acceptors (Lipinski definition) is 2. The number of carbonyl (C=O) groups is 1. The number of thioether (sulfide) groups is 1. The molecule has 0 saturated carbocycles. The monoisotopic (exact) mass is 300 g/mol. The zero-order valence-corrected chi connectivity index (χ0v) is 12.7. The molecule has 2 aromatic rings. The molecule has 0 aliphatic carbocycles. The van der Waals surface area contributed by atoms with Crippen molar-refractivity contribution in [1.29, 1.82) is 0 Å². The second-order valence-electron chi connectivity index (χ2n) is 4.58. The third kappa shape index (κ3) is 6.36. The summed E-state index contributed by atoms with van der Waals surface area (Å²) in [5.41, 5.74) is 1.23. The van der Waals surface area contributed by atoms with Crippen molar-refractivity contribution in [3.63, 3.8) is 0 Å². The standard InChI is InChI=1S/C17H20N2OS/c20-17(18-12-11-15-7-3-1-4-8-15)19-13-14-21-16-9-5-2-6-10-16/h1-10H,11-14H2,(H2,18,19,20). The first-order chi connectivity index (χ1) is 10.3. The van der Waals surface area contributed by atoms with E-state index in [1.54, 1.807) is 11.8 Å². The normalized spacial score (nSPS) is 10.1. The van der Waals surface area contributed by atoms with Crippen LogP contribution in [0.3, 0.4) is 0 Å². The Hall–Kier alpha value is -1.94. The fourth-order valence-electron chi connectivity index (χ4n) is 1.88. The Morgan fingerprint density at radius 3 is 2.19 bits per heavy atom. The number of nitrogens with one attached hydrogen (secondary N) is 2. The lowest BCUT2D eigenvalue weighted by Gasteiger charge is -2.07. The average Bonchev–Trinajstić information content (AvgIpc) is 2.54. The molecular weight excluding hydrogens is 280 g/mol. The van der Waals surface area contributed by atoms with Crippen molar-refractivity contribution in [2.75, 3.05) is 18.8 Å². The van der Waals surface area contributed by atoms with Crippen LogP contribution in [0.5, 0.6) is 0 Å². The highest BCUT2D eigenvalue weighted by molar-refractivity contribution is 7.99. The van der Waals surface area contributed by atoms with Gasteiger partial charge >= 0.3 is 6.03 Å². The minimum atomic E-state index is -0.0976. The van der Waals surface area contributed by atoms with Crippen LogP contribution in [0.1, 0.15) is 5.56 Å². The summed E-state index contributed by atoms with van der Waals surface area (Å²) in [5.74, 6) is 0.871. The first-order valence-electron chi connectivity index (χ1n) is 7.08. The second kappa shape index (κ2) is 9.08. The van der Waals surface area contributed by atoms with Crippen LogP contribution in [0, 0.1) is 0 Å². The van der Waals surface area contributed by atoms with Crippen LogP contribution in [0.25, 0.3) is 0 Å². The summed E-state index contributed by atoms with van der Waals surface area (Å²) in [6, 6.07) is 20.2. The van der Waals surface area contributed by atoms with E-state index in [2.05, 4.69) is 34.9 Å². The van der Waals surface area contributed by atoms with Crippen LogP contribution < -0.4 is 10.6 Å². The average molecular weight is 300 g/mol. The van der Waals surface area contributed by atoms with Gasteiger partial charge < -0.3 is 10.6 Å². The molecule has 21 heavy (non-hydrogen) atoms. The Bertz CT molecular complexity index is 531. The van der Waals surface area contributed by atoms with Crippen LogP contribution >= 0.6 is 11.8 Å². The molecule has 0 aliphatic rings. The van der Waals surface area contributed by atoms with Gasteiger partial charge in [-0.3, -0.25) is 0 Å². The lowest BCUT2D eigenvalue weighted by atomic mass is 10.1. The van der Waals surface area contributed by atoms with Crippen LogP contribution in [0.4, 0.5) is 4.79 Å². The van der Waals surface area contributed by atoms with Crippen molar-refractivity contribution in [3.05, 3.63) is 66.2 Å². The number of urea groups is 1. The van der Waals surface area contributed by atoms with E-state index in [0.717, 1.165) is 12.2 Å². The third-order valence-electron chi connectivity index (χ3n) is 2.94. The van der Waals surface area contributed by atoms with Crippen molar-refractivity contribution in [1.82, 2.24) is 10.6 Å². The summed E-state index contributed by atoms with van der Waals surface area (Å²) in [5, 5.41) is 5.74. The topological polar surface area (TPSA) is 41.1 Å². The van der Waals surface area contributed by atoms with E-state index in [0.29, 0.717) is 13.1 Å². The van der Waals surface area contributed by atoms with Crippen LogP contribution in [0.15, 0.2) is 65.6 Å². The highest BCUT2D eigenvalue weighted by Crippen LogP contribution is 2.15. The van der Waals surface area contributed by atoms with E-state index < -0.39 is 0 Å². The van der Waals surface area contributed by atoms with Gasteiger partial charge in [-0.25, -0.2) is 4.79 Å². The first-order valence-corrected chi connectivity index (χ1v) is 8.06. The predicted octanol–water partition coefficient (Wildman–Crippen LogP) is 3.32. The summed E-state index contributed by atoms with van der Waals surface area (Å²) in [6.07, 6.45) is 0.854. The molecule has 2 aromatic carbocycles. The maximum atomic E-state index is 11.6. The second-order valence-corrected chi connectivity index (χ2v) is 5.75. The molecule has 0 radical (unpaired) electrons. The largest absolute Gasteiger partial charge is 0.338 e. The number of rotatable bonds is 7. The van der Waals surface area contributed by atoms with E-state index in [4.69, 9.17) is 0 Å². The summed E-state index contributed by atoms with van der Waals surface area (Å²) < 4.78 is 0. The van der Waals surface area contributed by atoms with Crippen molar-refractivity contribution >= 4 is 17.8 Å². The summed E-state index contributed by atoms with van der Waals surface area (Å²) in [4.78, 5) is 12.8. The first kappa shape index (κ1) is 15.4. The molecule has 0 saturated heterocycles. The molecule has 110 valence electrons. The van der Waals surface area contributed by atoms with Gasteiger partial charge in [-0.2, -0.15) is 0 Å². The minimum Gasteiger partial charge on any atom is -0.338 e. The predicted molar refractivity (Wildman–Crippen MR) is 88.7 cm³/mol. The van der Waals surface area contributed by atoms with Gasteiger partial charge in [-0.15, -0.1) is 11.8 Å². The third-order valence-corrected chi connectivity index (χ3v) is 3.96. The lowest BCUT2D eigenvalue weighted by Crippen LogP contribution is -2.37. The molecular formula is C17H20N2OS. The fraction of sp³-hybridized carbons (Fsp3) is 0.235. The molecule has 0 spiro atoms. The van der Waals surface area contributed by atoms with E-state index in [1.165, 1.54) is 10.5 Å². The van der Waals surface area contributed by atoms with Gasteiger partial charge in [0.15, 0.2) is 0 Å². The molecule has 0 fully saturated rings. The molecule has 3 nitrogen and oxygen atoms in total. The molecule has 2 amide bonds. The molecule has 2 rings (SSSR count). The van der Waals surface area contributed by atoms with Crippen LogP contribution in [0.2, 0.25) is 0 Å². The van der Waals surface area contributed by atoms with E-state index >= 15 is 0 Å². The summed E-state index contributed by atoms with van der Waals surface area (Å²) in [7, 11) is 0. The minimum absolute atomic E-state index is 0.0976. The summed E-state index contributed by atoms with van der Waals surface area (Å²) >= 11 is 1.74. The number of benzene rings is 2. The number of hydrogen-bond donors (Lipinski definition) is 2. The van der Waals surface area contributed by atoms with Gasteiger partial charge in [-0.1, -0.05) is 48.5 Å². The zero-order chi connectivity index (χ0) is 14.8. The zero-order valence-electron chi connectivity index (χ0n) is 11.9. The molecule has 0 heterocycles. The van der Waals surface area contributed by atoms with Crippen molar-refractivity contribution in [3.8, 4) is 0 Å².